The first-order valence-electron chi connectivity index (χ1n) is 8.38. The van der Waals surface area contributed by atoms with Gasteiger partial charge in [0, 0.05) is 13.7 Å². The number of anilines is 1. The van der Waals surface area contributed by atoms with Crippen molar-refractivity contribution in [3.8, 4) is 5.75 Å². The fourth-order valence-corrected chi connectivity index (χ4v) is 3.94. The van der Waals surface area contributed by atoms with Crippen LogP contribution >= 0.6 is 0 Å². The molecule has 0 bridgehead atoms. The lowest BCUT2D eigenvalue weighted by Crippen LogP contribution is -2.41. The van der Waals surface area contributed by atoms with Crippen molar-refractivity contribution < 1.29 is 22.7 Å². The van der Waals surface area contributed by atoms with Crippen LogP contribution in [-0.4, -0.2) is 48.2 Å². The lowest BCUT2D eigenvalue weighted by molar-refractivity contribution is -0.119. The fourth-order valence-electron chi connectivity index (χ4n) is 2.49. The Morgan fingerprint density at radius 2 is 1.81 bits per heavy atom. The molecule has 7 nitrogen and oxygen atoms in total. The van der Waals surface area contributed by atoms with Gasteiger partial charge in [-0.15, -0.1) is 0 Å². The number of rotatable bonds is 9. The molecule has 0 spiro atoms. The number of sulfonamides is 1. The number of aryl methyl sites for hydroxylation is 1. The summed E-state index contributed by atoms with van der Waals surface area (Å²) < 4.78 is 37.8. The molecule has 0 saturated carbocycles. The average molecular weight is 392 g/mol. The monoisotopic (exact) mass is 392 g/mol. The molecule has 2 aromatic rings. The summed E-state index contributed by atoms with van der Waals surface area (Å²) in [6.07, 6.45) is 0. The molecule has 0 saturated heterocycles. The molecule has 1 N–H and O–H groups in total. The summed E-state index contributed by atoms with van der Waals surface area (Å²) in [4.78, 5) is 12.4. The highest BCUT2D eigenvalue weighted by molar-refractivity contribution is 7.92. The van der Waals surface area contributed by atoms with Gasteiger partial charge in [-0.1, -0.05) is 24.3 Å². The van der Waals surface area contributed by atoms with Gasteiger partial charge in [0.05, 0.1) is 24.3 Å². The summed E-state index contributed by atoms with van der Waals surface area (Å²) in [5.41, 5.74) is 1.15. The van der Waals surface area contributed by atoms with Crippen LogP contribution in [-0.2, 0) is 19.6 Å². The summed E-state index contributed by atoms with van der Waals surface area (Å²) in [5, 5.41) is 2.65. The third kappa shape index (κ3) is 5.21. The van der Waals surface area contributed by atoms with Gasteiger partial charge in [-0.2, -0.15) is 0 Å². The number of benzene rings is 2. The average Bonchev–Trinajstić information content (AvgIpc) is 2.67. The Bertz CT molecular complexity index is 869. The van der Waals surface area contributed by atoms with Crippen LogP contribution < -0.4 is 14.4 Å². The number of carbonyl (C=O) groups excluding carboxylic acids is 1. The van der Waals surface area contributed by atoms with Crippen LogP contribution in [0.1, 0.15) is 5.56 Å². The van der Waals surface area contributed by atoms with Crippen LogP contribution in [0.3, 0.4) is 0 Å². The Morgan fingerprint density at radius 1 is 1.11 bits per heavy atom. The number of hydrogen-bond acceptors (Lipinski definition) is 5. The molecular formula is C19H24N2O5S. The maximum Gasteiger partial charge on any atom is 0.264 e. The number of ether oxygens (including phenoxy) is 2. The minimum absolute atomic E-state index is 0.0956. The van der Waals surface area contributed by atoms with Crippen LogP contribution in [0, 0.1) is 6.92 Å². The maximum absolute atomic E-state index is 13.2. The van der Waals surface area contributed by atoms with Crippen molar-refractivity contribution >= 4 is 21.6 Å². The van der Waals surface area contributed by atoms with Gasteiger partial charge < -0.3 is 14.8 Å². The zero-order chi connectivity index (χ0) is 19.9. The highest BCUT2D eigenvalue weighted by atomic mass is 32.2. The van der Waals surface area contributed by atoms with Gasteiger partial charge in [-0.3, -0.25) is 9.10 Å². The van der Waals surface area contributed by atoms with E-state index in [4.69, 9.17) is 9.47 Å². The van der Waals surface area contributed by atoms with E-state index in [0.29, 0.717) is 24.6 Å². The number of methoxy groups -OCH3 is 2. The number of nitrogens with zero attached hydrogens (tertiary/aromatic N) is 1. The molecule has 2 aromatic carbocycles. The summed E-state index contributed by atoms with van der Waals surface area (Å²) in [5.74, 6) is -0.0695. The van der Waals surface area contributed by atoms with Gasteiger partial charge in [0.2, 0.25) is 5.91 Å². The Kier molecular flexibility index (Phi) is 7.20. The van der Waals surface area contributed by atoms with Crippen molar-refractivity contribution in [2.24, 2.45) is 0 Å². The second kappa shape index (κ2) is 9.38. The zero-order valence-corrected chi connectivity index (χ0v) is 16.5. The van der Waals surface area contributed by atoms with Gasteiger partial charge in [0.15, 0.2) is 0 Å². The van der Waals surface area contributed by atoms with E-state index in [2.05, 4.69) is 5.32 Å². The van der Waals surface area contributed by atoms with Gasteiger partial charge in [-0.05, 0) is 36.8 Å². The molecule has 146 valence electrons. The third-order valence-electron chi connectivity index (χ3n) is 3.85. The van der Waals surface area contributed by atoms with E-state index in [9.17, 15) is 13.2 Å². The van der Waals surface area contributed by atoms with Gasteiger partial charge in [0.1, 0.15) is 12.3 Å². The second-order valence-corrected chi connectivity index (χ2v) is 7.71. The van der Waals surface area contributed by atoms with E-state index in [-0.39, 0.29) is 11.4 Å². The number of hydrogen-bond donors (Lipinski definition) is 1. The largest absolute Gasteiger partial charge is 0.495 e. The zero-order valence-electron chi connectivity index (χ0n) is 15.6. The van der Waals surface area contributed by atoms with Gasteiger partial charge >= 0.3 is 0 Å². The normalized spacial score (nSPS) is 11.1. The van der Waals surface area contributed by atoms with E-state index in [1.807, 2.05) is 13.0 Å². The lowest BCUT2D eigenvalue weighted by atomic mass is 10.2. The third-order valence-corrected chi connectivity index (χ3v) is 5.62. The molecule has 1 amide bonds. The summed E-state index contributed by atoms with van der Waals surface area (Å²) in [6, 6.07) is 13.2. The minimum atomic E-state index is -3.97. The highest BCUT2D eigenvalue weighted by Gasteiger charge is 2.29. The molecule has 27 heavy (non-hydrogen) atoms. The Hall–Kier alpha value is -2.58. The van der Waals surface area contributed by atoms with Crippen LogP contribution in [0.15, 0.2) is 53.4 Å². The van der Waals surface area contributed by atoms with Crippen molar-refractivity contribution in [1.82, 2.24) is 5.32 Å². The van der Waals surface area contributed by atoms with Crippen LogP contribution in [0.25, 0.3) is 0 Å². The van der Waals surface area contributed by atoms with E-state index in [1.54, 1.807) is 30.3 Å². The first kappa shape index (κ1) is 20.7. The number of nitrogens with one attached hydrogen (secondary N) is 1. The SMILES string of the molecule is COCCNC(=O)CN(c1cc(C)ccc1OC)S(=O)(=O)c1ccccc1. The van der Waals surface area contributed by atoms with Crippen molar-refractivity contribution in [2.45, 2.75) is 11.8 Å². The summed E-state index contributed by atoms with van der Waals surface area (Å²) in [7, 11) is -0.986. The van der Waals surface area contributed by atoms with E-state index in [1.165, 1.54) is 26.4 Å². The number of amides is 1. The maximum atomic E-state index is 13.2. The molecule has 2 rings (SSSR count). The molecule has 0 fully saturated rings. The fraction of sp³-hybridized carbons (Fsp3) is 0.316. The molecule has 0 aromatic heterocycles. The molecule has 0 aliphatic carbocycles. The summed E-state index contributed by atoms with van der Waals surface area (Å²) in [6.45, 7) is 2.10. The van der Waals surface area contributed by atoms with Crippen molar-refractivity contribution in [2.75, 3.05) is 38.2 Å². The second-order valence-electron chi connectivity index (χ2n) is 5.84. The van der Waals surface area contributed by atoms with Gasteiger partial charge in [-0.25, -0.2) is 8.42 Å². The minimum Gasteiger partial charge on any atom is -0.495 e. The van der Waals surface area contributed by atoms with Crippen molar-refractivity contribution in [3.63, 3.8) is 0 Å². The van der Waals surface area contributed by atoms with E-state index in [0.717, 1.165) is 9.87 Å². The Balaban J connectivity index is 2.46. The van der Waals surface area contributed by atoms with Crippen LogP contribution in [0.4, 0.5) is 5.69 Å². The molecule has 8 heteroatoms. The first-order valence-corrected chi connectivity index (χ1v) is 9.82. The molecule has 0 unspecified atom stereocenters. The first-order chi connectivity index (χ1) is 12.9. The van der Waals surface area contributed by atoms with Crippen molar-refractivity contribution in [3.05, 3.63) is 54.1 Å². The molecule has 0 radical (unpaired) electrons. The standard InChI is InChI=1S/C19H24N2O5S/c1-15-9-10-18(26-3)17(13-15)21(14-19(22)20-11-12-25-2)27(23,24)16-7-5-4-6-8-16/h4-10,13H,11-12,14H2,1-3H3,(H,20,22). The topological polar surface area (TPSA) is 84.9 Å². The van der Waals surface area contributed by atoms with E-state index >= 15 is 0 Å². The predicted molar refractivity (Wildman–Crippen MR) is 104 cm³/mol. The van der Waals surface area contributed by atoms with Gasteiger partial charge in [0.25, 0.3) is 10.0 Å². The molecular weight excluding hydrogens is 368 g/mol. The number of carbonyl (C=O) groups is 1. The molecule has 0 aliphatic rings. The Labute approximate surface area is 160 Å². The smallest absolute Gasteiger partial charge is 0.264 e. The van der Waals surface area contributed by atoms with Crippen molar-refractivity contribution in [1.29, 1.82) is 0 Å². The van der Waals surface area contributed by atoms with Crippen LogP contribution in [0.2, 0.25) is 0 Å². The van der Waals surface area contributed by atoms with Crippen LogP contribution in [0.5, 0.6) is 5.75 Å². The quantitative estimate of drug-likeness (QED) is 0.660. The Morgan fingerprint density at radius 3 is 2.44 bits per heavy atom. The lowest BCUT2D eigenvalue weighted by Gasteiger charge is -2.26. The molecule has 0 aliphatic heterocycles. The van der Waals surface area contributed by atoms with E-state index < -0.39 is 15.9 Å². The summed E-state index contributed by atoms with van der Waals surface area (Å²) >= 11 is 0. The molecule has 0 heterocycles. The molecule has 0 atom stereocenters. The predicted octanol–water partition coefficient (Wildman–Crippen LogP) is 1.96. The highest BCUT2D eigenvalue weighted by Crippen LogP contribution is 2.33.